The standard InChI is InChI=1S/C67H52/c1-65(2,3)45-32-36-56-58(39-45)64(54-26-16-20-42-18-8-10-22-48(42)54)55-34-30-43(37-57(55)63(56)53-25-15-19-41-17-7-9-21-47(41)53)44-29-33-51-52-35-31-46(66(4,5)6)40-62(52)67(61(51)38-44)59-27-13-11-23-49(59)50-24-12-14-28-60(50)67/h7-40H,1-6H3. The van der Waals surface area contributed by atoms with E-state index in [1.54, 1.807) is 0 Å². The molecule has 11 aromatic rings. The van der Waals surface area contributed by atoms with Gasteiger partial charge >= 0.3 is 0 Å². The summed E-state index contributed by atoms with van der Waals surface area (Å²) in [6, 6.07) is 79.0. The number of hydrogen-bond acceptors (Lipinski definition) is 0. The summed E-state index contributed by atoms with van der Waals surface area (Å²) >= 11 is 0. The van der Waals surface area contributed by atoms with E-state index >= 15 is 0 Å². The van der Waals surface area contributed by atoms with E-state index in [0.717, 1.165) is 0 Å². The SMILES string of the molecule is CC(C)(C)c1ccc2c(c1)C1(c3ccccc3-c3ccccc31)c1cc(-c3ccc4c(-c5cccc6ccccc56)c5cc(C(C)(C)C)ccc5c(-c5cccc6ccccc56)c4c3)ccc1-2. The maximum atomic E-state index is 2.55. The Labute approximate surface area is 394 Å². The third kappa shape index (κ3) is 5.72. The van der Waals surface area contributed by atoms with Crippen LogP contribution in [0, 0.1) is 0 Å². The Hall–Kier alpha value is -7.54. The highest BCUT2D eigenvalue weighted by molar-refractivity contribution is 6.26. The summed E-state index contributed by atoms with van der Waals surface area (Å²) in [5.74, 6) is 0. The Bertz CT molecular complexity index is 3820. The van der Waals surface area contributed by atoms with Crippen LogP contribution in [0.15, 0.2) is 206 Å². The van der Waals surface area contributed by atoms with Crippen molar-refractivity contribution in [3.63, 3.8) is 0 Å². The van der Waals surface area contributed by atoms with E-state index in [9.17, 15) is 0 Å². The van der Waals surface area contributed by atoms with Crippen LogP contribution >= 0.6 is 0 Å². The molecule has 13 rings (SSSR count). The number of fused-ring (bicyclic) bond motifs is 14. The largest absolute Gasteiger partial charge is 0.0725 e. The van der Waals surface area contributed by atoms with Crippen LogP contribution < -0.4 is 0 Å². The second-order valence-corrected chi connectivity index (χ2v) is 21.2. The average Bonchev–Trinajstić information content (AvgIpc) is 3.81. The molecule has 1 spiro atoms. The predicted octanol–water partition coefficient (Wildman–Crippen LogP) is 18.2. The first kappa shape index (κ1) is 39.8. The molecule has 0 heterocycles. The van der Waals surface area contributed by atoms with Gasteiger partial charge in [-0.3, -0.25) is 0 Å². The molecule has 2 aliphatic rings. The molecule has 0 aromatic heterocycles. The van der Waals surface area contributed by atoms with Crippen molar-refractivity contribution < 1.29 is 0 Å². The molecule has 0 nitrogen and oxygen atoms in total. The summed E-state index contributed by atoms with van der Waals surface area (Å²) in [5.41, 5.74) is 20.6. The number of hydrogen-bond donors (Lipinski definition) is 0. The van der Waals surface area contributed by atoms with E-state index in [-0.39, 0.29) is 10.8 Å². The van der Waals surface area contributed by atoms with Gasteiger partial charge in [0, 0.05) is 0 Å². The van der Waals surface area contributed by atoms with Gasteiger partial charge in [0.25, 0.3) is 0 Å². The van der Waals surface area contributed by atoms with E-state index in [2.05, 4.69) is 248 Å². The molecule has 67 heavy (non-hydrogen) atoms. The quantitative estimate of drug-likeness (QED) is 0.155. The Morgan fingerprint density at radius 2 is 0.672 bits per heavy atom. The first-order valence-corrected chi connectivity index (χ1v) is 24.0. The van der Waals surface area contributed by atoms with E-state index in [1.165, 1.54) is 132 Å². The molecule has 11 aromatic carbocycles. The maximum Gasteiger partial charge on any atom is 0.0725 e. The molecule has 0 radical (unpaired) electrons. The van der Waals surface area contributed by atoms with Crippen molar-refractivity contribution in [3.05, 3.63) is 240 Å². The minimum Gasteiger partial charge on any atom is -0.0619 e. The lowest BCUT2D eigenvalue weighted by atomic mass is 9.69. The summed E-state index contributed by atoms with van der Waals surface area (Å²) in [6.07, 6.45) is 0. The van der Waals surface area contributed by atoms with Gasteiger partial charge in [-0.05, 0) is 161 Å². The van der Waals surface area contributed by atoms with Crippen molar-refractivity contribution in [1.29, 1.82) is 0 Å². The van der Waals surface area contributed by atoms with Crippen LogP contribution in [-0.2, 0) is 16.2 Å². The van der Waals surface area contributed by atoms with Gasteiger partial charge in [0.2, 0.25) is 0 Å². The number of rotatable bonds is 3. The lowest BCUT2D eigenvalue weighted by Crippen LogP contribution is -2.26. The summed E-state index contributed by atoms with van der Waals surface area (Å²) < 4.78 is 0. The molecular weight excluding hydrogens is 805 g/mol. The Morgan fingerprint density at radius 3 is 1.27 bits per heavy atom. The second kappa shape index (κ2) is 14.2. The molecule has 0 N–H and O–H groups in total. The van der Waals surface area contributed by atoms with Crippen molar-refractivity contribution in [2.24, 2.45) is 0 Å². The Balaban J connectivity index is 1.14. The van der Waals surface area contributed by atoms with Crippen LogP contribution in [0.3, 0.4) is 0 Å². The van der Waals surface area contributed by atoms with Crippen LogP contribution in [0.5, 0.6) is 0 Å². The monoisotopic (exact) mass is 856 g/mol. The van der Waals surface area contributed by atoms with Gasteiger partial charge in [-0.25, -0.2) is 0 Å². The minimum absolute atomic E-state index is 0.00402. The van der Waals surface area contributed by atoms with Gasteiger partial charge in [-0.15, -0.1) is 0 Å². The Kier molecular flexibility index (Phi) is 8.45. The highest BCUT2D eigenvalue weighted by Gasteiger charge is 2.52. The van der Waals surface area contributed by atoms with E-state index in [1.807, 2.05) is 0 Å². The van der Waals surface area contributed by atoms with E-state index in [4.69, 9.17) is 0 Å². The molecule has 0 amide bonds. The first-order valence-electron chi connectivity index (χ1n) is 24.0. The zero-order chi connectivity index (χ0) is 45.4. The first-order chi connectivity index (χ1) is 32.5. The summed E-state index contributed by atoms with van der Waals surface area (Å²) in [7, 11) is 0. The average molecular weight is 857 g/mol. The fourth-order valence-corrected chi connectivity index (χ4v) is 12.1. The van der Waals surface area contributed by atoms with Gasteiger partial charge in [-0.1, -0.05) is 230 Å². The van der Waals surface area contributed by atoms with E-state index in [0.29, 0.717) is 0 Å². The van der Waals surface area contributed by atoms with Crippen LogP contribution in [0.2, 0.25) is 0 Å². The molecule has 0 aliphatic heterocycles. The third-order valence-electron chi connectivity index (χ3n) is 15.4. The smallest absolute Gasteiger partial charge is 0.0619 e. The van der Waals surface area contributed by atoms with Crippen LogP contribution in [0.4, 0.5) is 0 Å². The highest BCUT2D eigenvalue weighted by atomic mass is 14.5. The van der Waals surface area contributed by atoms with Gasteiger partial charge in [0.1, 0.15) is 0 Å². The zero-order valence-corrected chi connectivity index (χ0v) is 39.1. The normalized spacial score (nSPS) is 13.6. The summed E-state index contributed by atoms with van der Waals surface area (Å²) in [6.45, 7) is 14.0. The number of benzene rings is 11. The van der Waals surface area contributed by atoms with Gasteiger partial charge in [0.15, 0.2) is 0 Å². The lowest BCUT2D eigenvalue weighted by Gasteiger charge is -2.32. The predicted molar refractivity (Wildman–Crippen MR) is 286 cm³/mol. The molecule has 0 atom stereocenters. The van der Waals surface area contributed by atoms with Crippen molar-refractivity contribution in [3.8, 4) is 55.6 Å². The minimum atomic E-state index is -0.442. The molecule has 2 aliphatic carbocycles. The van der Waals surface area contributed by atoms with Crippen LogP contribution in [0.1, 0.15) is 74.9 Å². The maximum absolute atomic E-state index is 2.55. The van der Waals surface area contributed by atoms with Crippen LogP contribution in [0.25, 0.3) is 98.7 Å². The topological polar surface area (TPSA) is 0 Å². The molecule has 0 fully saturated rings. The molecule has 0 saturated carbocycles. The van der Waals surface area contributed by atoms with Crippen molar-refractivity contribution in [1.82, 2.24) is 0 Å². The molecule has 0 saturated heterocycles. The fourth-order valence-electron chi connectivity index (χ4n) is 12.1. The highest BCUT2D eigenvalue weighted by Crippen LogP contribution is 2.63. The Morgan fingerprint density at radius 1 is 0.269 bits per heavy atom. The van der Waals surface area contributed by atoms with Gasteiger partial charge in [0.05, 0.1) is 5.41 Å². The zero-order valence-electron chi connectivity index (χ0n) is 39.1. The second-order valence-electron chi connectivity index (χ2n) is 21.2. The third-order valence-corrected chi connectivity index (χ3v) is 15.4. The fraction of sp³-hybridized carbons (Fsp3) is 0.134. The lowest BCUT2D eigenvalue weighted by molar-refractivity contribution is 0.588. The van der Waals surface area contributed by atoms with Gasteiger partial charge < -0.3 is 0 Å². The molecular formula is C67H52. The van der Waals surface area contributed by atoms with E-state index < -0.39 is 5.41 Å². The van der Waals surface area contributed by atoms with Crippen LogP contribution in [-0.4, -0.2) is 0 Å². The summed E-state index contributed by atoms with van der Waals surface area (Å²) in [5, 5.41) is 10.1. The molecule has 0 heteroatoms. The van der Waals surface area contributed by atoms with Crippen molar-refractivity contribution in [2.45, 2.75) is 57.8 Å². The van der Waals surface area contributed by atoms with Gasteiger partial charge in [-0.2, -0.15) is 0 Å². The molecule has 0 bridgehead atoms. The van der Waals surface area contributed by atoms with Crippen molar-refractivity contribution in [2.75, 3.05) is 0 Å². The molecule has 0 unspecified atom stereocenters. The van der Waals surface area contributed by atoms with Crippen molar-refractivity contribution >= 4 is 43.1 Å². The summed E-state index contributed by atoms with van der Waals surface area (Å²) in [4.78, 5) is 0. The molecule has 320 valence electrons.